The molecule has 0 bridgehead atoms. The number of piperidine rings is 1. The molecule has 2 aliphatic rings. The van der Waals surface area contributed by atoms with Gasteiger partial charge in [0.25, 0.3) is 5.91 Å². The van der Waals surface area contributed by atoms with Gasteiger partial charge in [-0.05, 0) is 31.1 Å². The molecular weight excluding hydrogens is 244 g/mol. The summed E-state index contributed by atoms with van der Waals surface area (Å²) in [6.07, 6.45) is 5.80. The van der Waals surface area contributed by atoms with Crippen LogP contribution in [-0.2, 0) is 0 Å². The van der Waals surface area contributed by atoms with Crippen LogP contribution in [-0.4, -0.2) is 38.6 Å². The molecule has 0 unspecified atom stereocenters. The molecule has 0 aromatic carbocycles. The molecule has 19 heavy (non-hydrogen) atoms. The van der Waals surface area contributed by atoms with E-state index in [0.717, 1.165) is 19.4 Å². The number of aromatic amines is 2. The lowest BCUT2D eigenvalue weighted by molar-refractivity contribution is 0.0208. The normalized spacial score (nSPS) is 31.0. The fraction of sp³-hybridized carbons (Fsp3) is 0.769. The third kappa shape index (κ3) is 2.19. The van der Waals surface area contributed by atoms with Gasteiger partial charge < -0.3 is 4.90 Å². The number of carbonyl (C=O) groups is 1. The lowest BCUT2D eigenvalue weighted by Gasteiger charge is -2.47. The third-order valence-corrected chi connectivity index (χ3v) is 4.70. The molecule has 2 N–H and O–H groups in total. The fourth-order valence-corrected chi connectivity index (χ4v) is 3.67. The zero-order valence-electron chi connectivity index (χ0n) is 11.2. The number of carbonyl (C=O) groups excluding carboxylic acids is 1. The molecule has 6 nitrogen and oxygen atoms in total. The SMILES string of the molecule is C[C@@H]1CCN(C(=O)c2n[nH]c(=O)[nH]2)[C@@H]2CCCC[C@@H]12. The molecule has 2 fully saturated rings. The predicted octanol–water partition coefficient (Wildman–Crippen LogP) is 1.14. The van der Waals surface area contributed by atoms with Crippen LogP contribution in [0.15, 0.2) is 4.79 Å². The van der Waals surface area contributed by atoms with Gasteiger partial charge in [-0.15, -0.1) is 5.10 Å². The van der Waals surface area contributed by atoms with Crippen molar-refractivity contribution in [2.75, 3.05) is 6.54 Å². The fourth-order valence-electron chi connectivity index (χ4n) is 3.67. The van der Waals surface area contributed by atoms with Crippen LogP contribution >= 0.6 is 0 Å². The highest BCUT2D eigenvalue weighted by atomic mass is 16.2. The van der Waals surface area contributed by atoms with Gasteiger partial charge in [0.15, 0.2) is 0 Å². The molecule has 1 saturated carbocycles. The monoisotopic (exact) mass is 264 g/mol. The summed E-state index contributed by atoms with van der Waals surface area (Å²) in [7, 11) is 0. The maximum absolute atomic E-state index is 12.4. The summed E-state index contributed by atoms with van der Waals surface area (Å²) in [6, 6.07) is 0.324. The van der Waals surface area contributed by atoms with Crippen LogP contribution in [0.2, 0.25) is 0 Å². The Morgan fingerprint density at radius 2 is 2.11 bits per heavy atom. The number of likely N-dealkylation sites (tertiary alicyclic amines) is 1. The minimum absolute atomic E-state index is 0.137. The predicted molar refractivity (Wildman–Crippen MR) is 69.8 cm³/mol. The molecule has 0 radical (unpaired) electrons. The van der Waals surface area contributed by atoms with E-state index in [1.54, 1.807) is 0 Å². The summed E-state index contributed by atoms with van der Waals surface area (Å²) in [4.78, 5) is 27.9. The average molecular weight is 264 g/mol. The number of amides is 1. The molecule has 1 aromatic rings. The van der Waals surface area contributed by atoms with Crippen molar-refractivity contribution >= 4 is 5.91 Å². The highest BCUT2D eigenvalue weighted by Crippen LogP contribution is 2.39. The van der Waals surface area contributed by atoms with E-state index in [9.17, 15) is 9.59 Å². The van der Waals surface area contributed by atoms with Crippen LogP contribution in [0.1, 0.15) is 49.6 Å². The molecule has 0 spiro atoms. The second kappa shape index (κ2) is 4.83. The number of hydrogen-bond donors (Lipinski definition) is 2. The molecule has 1 aliphatic heterocycles. The van der Waals surface area contributed by atoms with E-state index in [1.165, 1.54) is 19.3 Å². The van der Waals surface area contributed by atoms with Gasteiger partial charge in [-0.25, -0.2) is 9.89 Å². The van der Waals surface area contributed by atoms with Crippen molar-refractivity contribution in [1.82, 2.24) is 20.1 Å². The Hall–Kier alpha value is -1.59. The minimum Gasteiger partial charge on any atom is -0.333 e. The number of rotatable bonds is 1. The summed E-state index contributed by atoms with van der Waals surface area (Å²) >= 11 is 0. The van der Waals surface area contributed by atoms with Crippen molar-refractivity contribution in [1.29, 1.82) is 0 Å². The van der Waals surface area contributed by atoms with Crippen molar-refractivity contribution in [3.8, 4) is 0 Å². The second-order valence-corrected chi connectivity index (χ2v) is 5.81. The molecule has 104 valence electrons. The van der Waals surface area contributed by atoms with Crippen LogP contribution in [0, 0.1) is 11.8 Å². The first-order chi connectivity index (χ1) is 9.16. The Balaban J connectivity index is 1.83. The van der Waals surface area contributed by atoms with Gasteiger partial charge in [0.2, 0.25) is 5.82 Å². The van der Waals surface area contributed by atoms with Gasteiger partial charge in [0.1, 0.15) is 0 Å². The molecule has 6 heteroatoms. The van der Waals surface area contributed by atoms with E-state index in [1.807, 2.05) is 4.90 Å². The van der Waals surface area contributed by atoms with Crippen molar-refractivity contribution < 1.29 is 4.79 Å². The van der Waals surface area contributed by atoms with Crippen LogP contribution in [0.4, 0.5) is 0 Å². The highest BCUT2D eigenvalue weighted by molar-refractivity contribution is 5.90. The van der Waals surface area contributed by atoms with Gasteiger partial charge in [0, 0.05) is 12.6 Å². The van der Waals surface area contributed by atoms with E-state index in [0.29, 0.717) is 17.9 Å². The van der Waals surface area contributed by atoms with Gasteiger partial charge in [-0.1, -0.05) is 19.8 Å². The van der Waals surface area contributed by atoms with Crippen molar-refractivity contribution in [3.63, 3.8) is 0 Å². The summed E-state index contributed by atoms with van der Waals surface area (Å²) in [5, 5.41) is 6.02. The summed E-state index contributed by atoms with van der Waals surface area (Å²) < 4.78 is 0. The number of aromatic nitrogens is 3. The van der Waals surface area contributed by atoms with Crippen LogP contribution in [0.25, 0.3) is 0 Å². The largest absolute Gasteiger partial charge is 0.341 e. The quantitative estimate of drug-likeness (QED) is 0.798. The summed E-state index contributed by atoms with van der Waals surface area (Å²) in [5.41, 5.74) is -0.422. The smallest absolute Gasteiger partial charge is 0.333 e. The highest BCUT2D eigenvalue weighted by Gasteiger charge is 2.40. The third-order valence-electron chi connectivity index (χ3n) is 4.70. The minimum atomic E-state index is -0.422. The first kappa shape index (κ1) is 12.4. The maximum Gasteiger partial charge on any atom is 0.341 e. The van der Waals surface area contributed by atoms with Crippen LogP contribution < -0.4 is 5.69 Å². The summed E-state index contributed by atoms with van der Waals surface area (Å²) in [6.45, 7) is 3.07. The Bertz CT molecular complexity index is 521. The van der Waals surface area contributed by atoms with Crippen molar-refractivity contribution in [3.05, 3.63) is 16.3 Å². The Morgan fingerprint density at radius 3 is 2.84 bits per heavy atom. The zero-order chi connectivity index (χ0) is 13.4. The second-order valence-electron chi connectivity index (χ2n) is 5.81. The lowest BCUT2D eigenvalue weighted by Crippen LogP contribution is -2.52. The van der Waals surface area contributed by atoms with E-state index < -0.39 is 5.69 Å². The van der Waals surface area contributed by atoms with E-state index in [-0.39, 0.29) is 11.7 Å². The molecular formula is C13H20N4O2. The Kier molecular flexibility index (Phi) is 3.16. The van der Waals surface area contributed by atoms with Crippen molar-refractivity contribution in [2.45, 2.75) is 45.1 Å². The molecule has 1 saturated heterocycles. The average Bonchev–Trinajstić information content (AvgIpc) is 2.86. The Morgan fingerprint density at radius 1 is 1.32 bits per heavy atom. The first-order valence-corrected chi connectivity index (χ1v) is 7.12. The van der Waals surface area contributed by atoms with E-state index >= 15 is 0 Å². The topological polar surface area (TPSA) is 81.8 Å². The number of H-pyrrole nitrogens is 2. The van der Waals surface area contributed by atoms with Gasteiger partial charge in [0.05, 0.1) is 0 Å². The molecule has 3 atom stereocenters. The van der Waals surface area contributed by atoms with Crippen LogP contribution in [0.3, 0.4) is 0 Å². The van der Waals surface area contributed by atoms with E-state index in [2.05, 4.69) is 22.1 Å². The summed E-state index contributed by atoms with van der Waals surface area (Å²) in [5.74, 6) is 1.30. The number of nitrogens with zero attached hydrogens (tertiary/aromatic N) is 2. The Labute approximate surface area is 111 Å². The molecule has 2 heterocycles. The lowest BCUT2D eigenvalue weighted by atomic mass is 9.72. The van der Waals surface area contributed by atoms with Crippen molar-refractivity contribution in [2.24, 2.45) is 11.8 Å². The van der Waals surface area contributed by atoms with Gasteiger partial charge in [-0.3, -0.25) is 9.78 Å². The number of fused-ring (bicyclic) bond motifs is 1. The number of nitrogens with one attached hydrogen (secondary N) is 2. The molecule has 1 amide bonds. The molecule has 3 rings (SSSR count). The first-order valence-electron chi connectivity index (χ1n) is 7.12. The maximum atomic E-state index is 12.4. The van der Waals surface area contributed by atoms with Gasteiger partial charge >= 0.3 is 5.69 Å². The van der Waals surface area contributed by atoms with Crippen LogP contribution in [0.5, 0.6) is 0 Å². The number of hydrogen-bond acceptors (Lipinski definition) is 3. The van der Waals surface area contributed by atoms with E-state index in [4.69, 9.17) is 0 Å². The standard InChI is InChI=1S/C13H20N4O2/c1-8-6-7-17(10-5-3-2-4-9(8)10)12(18)11-14-13(19)16-15-11/h8-10H,2-7H2,1H3,(H2,14,15,16,19)/t8-,9+,10-/m1/s1. The van der Waals surface area contributed by atoms with Gasteiger partial charge in [-0.2, -0.15) is 0 Å². The zero-order valence-corrected chi connectivity index (χ0v) is 11.2. The molecule has 1 aliphatic carbocycles. The molecule has 1 aromatic heterocycles.